The first kappa shape index (κ1) is 16.5. The van der Waals surface area contributed by atoms with Gasteiger partial charge in [0, 0.05) is 25.2 Å². The molecule has 0 spiro atoms. The third-order valence-corrected chi connectivity index (χ3v) is 5.28. The summed E-state index contributed by atoms with van der Waals surface area (Å²) in [7, 11) is 0. The van der Waals surface area contributed by atoms with Crippen LogP contribution < -0.4 is 5.73 Å². The molecule has 0 bridgehead atoms. The van der Waals surface area contributed by atoms with E-state index >= 15 is 0 Å². The Labute approximate surface area is 129 Å². The van der Waals surface area contributed by atoms with Gasteiger partial charge in [-0.3, -0.25) is 9.58 Å². The minimum absolute atomic E-state index is 0.192. The molecular weight excluding hydrogens is 260 g/mol. The van der Waals surface area contributed by atoms with Gasteiger partial charge < -0.3 is 5.73 Å². The van der Waals surface area contributed by atoms with Crippen molar-refractivity contribution in [3.05, 3.63) is 17.5 Å². The molecule has 1 heterocycles. The first-order valence-electron chi connectivity index (χ1n) is 8.53. The number of likely N-dealkylation sites (N-methyl/N-ethyl adjacent to an activating group) is 1. The van der Waals surface area contributed by atoms with Crippen molar-refractivity contribution >= 4 is 0 Å². The average Bonchev–Trinajstić information content (AvgIpc) is 2.86. The fourth-order valence-corrected chi connectivity index (χ4v) is 3.76. The van der Waals surface area contributed by atoms with Crippen LogP contribution in [0.1, 0.15) is 57.8 Å². The molecule has 0 aromatic carbocycles. The molecule has 1 aromatic rings. The second kappa shape index (κ2) is 6.93. The lowest BCUT2D eigenvalue weighted by Crippen LogP contribution is -2.55. The Bertz CT molecular complexity index is 444. The number of rotatable bonds is 6. The van der Waals surface area contributed by atoms with Gasteiger partial charge in [-0.2, -0.15) is 5.10 Å². The fourth-order valence-electron chi connectivity index (χ4n) is 3.76. The Morgan fingerprint density at radius 1 is 1.38 bits per heavy atom. The Morgan fingerprint density at radius 2 is 2.05 bits per heavy atom. The lowest BCUT2D eigenvalue weighted by Gasteiger charge is -2.47. The van der Waals surface area contributed by atoms with Crippen molar-refractivity contribution in [1.82, 2.24) is 14.7 Å². The lowest BCUT2D eigenvalue weighted by molar-refractivity contribution is 0.0403. The van der Waals surface area contributed by atoms with Crippen molar-refractivity contribution in [1.29, 1.82) is 0 Å². The van der Waals surface area contributed by atoms with Crippen LogP contribution in [-0.4, -0.2) is 33.3 Å². The zero-order valence-electron chi connectivity index (χ0n) is 14.2. The zero-order chi connectivity index (χ0) is 15.5. The molecule has 0 radical (unpaired) electrons. The predicted molar refractivity (Wildman–Crippen MR) is 88.1 cm³/mol. The highest BCUT2D eigenvalue weighted by Crippen LogP contribution is 2.36. The van der Waals surface area contributed by atoms with E-state index in [0.29, 0.717) is 0 Å². The van der Waals surface area contributed by atoms with Crippen molar-refractivity contribution in [2.45, 2.75) is 72.0 Å². The van der Waals surface area contributed by atoms with Gasteiger partial charge in [0.2, 0.25) is 0 Å². The molecule has 0 unspecified atom stereocenters. The van der Waals surface area contributed by atoms with Crippen LogP contribution in [0.15, 0.2) is 6.07 Å². The van der Waals surface area contributed by atoms with Gasteiger partial charge in [0.25, 0.3) is 0 Å². The van der Waals surface area contributed by atoms with Crippen LogP contribution in [0.4, 0.5) is 0 Å². The second-order valence-corrected chi connectivity index (χ2v) is 6.72. The van der Waals surface area contributed by atoms with Crippen LogP contribution in [0.25, 0.3) is 0 Å². The predicted octanol–water partition coefficient (Wildman–Crippen LogP) is 2.94. The topological polar surface area (TPSA) is 47.1 Å². The minimum Gasteiger partial charge on any atom is -0.329 e. The van der Waals surface area contributed by atoms with E-state index in [2.05, 4.69) is 48.4 Å². The maximum Gasteiger partial charge on any atom is 0.0597 e. The summed E-state index contributed by atoms with van der Waals surface area (Å²) >= 11 is 0. The van der Waals surface area contributed by atoms with E-state index in [9.17, 15) is 0 Å². The van der Waals surface area contributed by atoms with E-state index in [0.717, 1.165) is 37.8 Å². The quantitative estimate of drug-likeness (QED) is 0.877. The van der Waals surface area contributed by atoms with Crippen LogP contribution in [0.5, 0.6) is 0 Å². The third-order valence-electron chi connectivity index (χ3n) is 5.28. The second-order valence-electron chi connectivity index (χ2n) is 6.72. The number of hydrogen-bond acceptors (Lipinski definition) is 3. The van der Waals surface area contributed by atoms with Crippen LogP contribution in [-0.2, 0) is 13.1 Å². The van der Waals surface area contributed by atoms with Crippen molar-refractivity contribution in [2.75, 3.05) is 13.1 Å². The largest absolute Gasteiger partial charge is 0.329 e. The van der Waals surface area contributed by atoms with Gasteiger partial charge in [-0.1, -0.05) is 13.8 Å². The molecule has 1 fully saturated rings. The number of nitrogens with two attached hydrogens (primary N) is 1. The zero-order valence-corrected chi connectivity index (χ0v) is 14.2. The van der Waals surface area contributed by atoms with Crippen LogP contribution in [0.2, 0.25) is 0 Å². The molecule has 4 nitrogen and oxygen atoms in total. The van der Waals surface area contributed by atoms with Crippen molar-refractivity contribution in [2.24, 2.45) is 11.7 Å². The smallest absolute Gasteiger partial charge is 0.0597 e. The summed E-state index contributed by atoms with van der Waals surface area (Å²) in [4.78, 5) is 2.60. The molecule has 0 atom stereocenters. The highest BCUT2D eigenvalue weighted by Gasteiger charge is 2.38. The maximum atomic E-state index is 6.23. The molecule has 21 heavy (non-hydrogen) atoms. The van der Waals surface area contributed by atoms with Crippen molar-refractivity contribution < 1.29 is 0 Å². The Morgan fingerprint density at radius 3 is 2.57 bits per heavy atom. The molecule has 1 aliphatic carbocycles. The molecule has 1 aromatic heterocycles. The van der Waals surface area contributed by atoms with Crippen LogP contribution >= 0.6 is 0 Å². The molecule has 0 aliphatic heterocycles. The first-order chi connectivity index (χ1) is 10.0. The number of aryl methyl sites for hydroxylation is 2. The number of hydrogen-bond donors (Lipinski definition) is 1. The lowest BCUT2D eigenvalue weighted by atomic mass is 9.76. The highest BCUT2D eigenvalue weighted by atomic mass is 15.3. The van der Waals surface area contributed by atoms with E-state index in [4.69, 9.17) is 5.73 Å². The summed E-state index contributed by atoms with van der Waals surface area (Å²) < 4.78 is 2.13. The molecular formula is C17H32N4. The molecule has 4 heteroatoms. The summed E-state index contributed by atoms with van der Waals surface area (Å²) in [5.74, 6) is 0.854. The maximum absolute atomic E-state index is 6.23. The summed E-state index contributed by atoms with van der Waals surface area (Å²) in [5.41, 5.74) is 8.85. The normalized spacial score (nSPS) is 26.5. The van der Waals surface area contributed by atoms with Crippen molar-refractivity contribution in [3.63, 3.8) is 0 Å². The van der Waals surface area contributed by atoms with E-state index in [1.165, 1.54) is 31.4 Å². The molecule has 0 saturated heterocycles. The van der Waals surface area contributed by atoms with E-state index in [1.54, 1.807) is 0 Å². The van der Waals surface area contributed by atoms with Gasteiger partial charge in [0.1, 0.15) is 0 Å². The highest BCUT2D eigenvalue weighted by molar-refractivity contribution is 5.10. The molecule has 2 rings (SSSR count). The standard InChI is InChI=1S/C17H32N4/c1-5-20(12-16-11-15(4)19-21(16)6-2)17(13-18)9-7-14(3)8-10-17/h11,14H,5-10,12-13,18H2,1-4H3. The SMILES string of the molecule is CCN(Cc1cc(C)nn1CC)C1(CN)CCC(C)CC1. The van der Waals surface area contributed by atoms with Gasteiger partial charge in [0.15, 0.2) is 0 Å². The van der Waals surface area contributed by atoms with E-state index in [1.807, 2.05) is 0 Å². The Kier molecular flexibility index (Phi) is 5.44. The summed E-state index contributed by atoms with van der Waals surface area (Å²) in [6, 6.07) is 2.22. The minimum atomic E-state index is 0.192. The van der Waals surface area contributed by atoms with Gasteiger partial charge in [-0.25, -0.2) is 0 Å². The fraction of sp³-hybridized carbons (Fsp3) is 0.824. The van der Waals surface area contributed by atoms with E-state index in [-0.39, 0.29) is 5.54 Å². The van der Waals surface area contributed by atoms with Gasteiger partial charge >= 0.3 is 0 Å². The third kappa shape index (κ3) is 3.49. The Hall–Kier alpha value is -0.870. The monoisotopic (exact) mass is 292 g/mol. The molecule has 2 N–H and O–H groups in total. The van der Waals surface area contributed by atoms with Gasteiger partial charge in [-0.15, -0.1) is 0 Å². The van der Waals surface area contributed by atoms with Crippen LogP contribution in [0, 0.1) is 12.8 Å². The average molecular weight is 292 g/mol. The van der Waals surface area contributed by atoms with E-state index < -0.39 is 0 Å². The van der Waals surface area contributed by atoms with Gasteiger partial charge in [-0.05, 0) is 58.1 Å². The first-order valence-corrected chi connectivity index (χ1v) is 8.53. The molecule has 120 valence electrons. The van der Waals surface area contributed by atoms with Crippen molar-refractivity contribution in [3.8, 4) is 0 Å². The molecule has 0 amide bonds. The number of nitrogens with zero attached hydrogens (tertiary/aromatic N) is 3. The van der Waals surface area contributed by atoms with Gasteiger partial charge in [0.05, 0.1) is 11.4 Å². The number of aromatic nitrogens is 2. The summed E-state index contributed by atoms with van der Waals surface area (Å²) in [6.07, 6.45) is 5.08. The summed E-state index contributed by atoms with van der Waals surface area (Å²) in [5, 5.41) is 4.58. The Balaban J connectivity index is 2.17. The summed E-state index contributed by atoms with van der Waals surface area (Å²) in [6.45, 7) is 12.6. The van der Waals surface area contributed by atoms with Crippen LogP contribution in [0.3, 0.4) is 0 Å². The molecule has 1 saturated carbocycles. The molecule has 1 aliphatic rings.